The van der Waals surface area contributed by atoms with Crippen molar-refractivity contribution in [2.75, 3.05) is 6.54 Å². The zero-order chi connectivity index (χ0) is 17.3. The predicted octanol–water partition coefficient (Wildman–Crippen LogP) is 2.51. The van der Waals surface area contributed by atoms with Gasteiger partial charge in [-0.1, -0.05) is 36.4 Å². The third-order valence-corrected chi connectivity index (χ3v) is 5.50. The molecule has 126 valence electrons. The van der Waals surface area contributed by atoms with Crippen LogP contribution in [0, 0.1) is 6.92 Å². The molecule has 3 rings (SSSR count). The van der Waals surface area contributed by atoms with Gasteiger partial charge in [0.2, 0.25) is 10.0 Å². The maximum Gasteiger partial charge on any atom is 0.408 e. The van der Waals surface area contributed by atoms with Crippen molar-refractivity contribution in [3.05, 3.63) is 65.2 Å². The van der Waals surface area contributed by atoms with Crippen LogP contribution in [0.25, 0.3) is 0 Å². The fourth-order valence-corrected chi connectivity index (χ4v) is 4.18. The molecule has 0 saturated carbocycles. The van der Waals surface area contributed by atoms with Crippen LogP contribution in [0.1, 0.15) is 22.9 Å². The van der Waals surface area contributed by atoms with E-state index in [-0.39, 0.29) is 11.4 Å². The number of hydrogen-bond acceptors (Lipinski definition) is 3. The second-order valence-corrected chi connectivity index (χ2v) is 7.48. The van der Waals surface area contributed by atoms with Crippen LogP contribution in [0.5, 0.6) is 0 Å². The Balaban J connectivity index is 2.01. The number of hydrogen-bond donors (Lipinski definition) is 2. The van der Waals surface area contributed by atoms with E-state index in [9.17, 15) is 18.3 Å². The lowest BCUT2D eigenvalue weighted by atomic mass is 9.98. The minimum Gasteiger partial charge on any atom is -0.465 e. The first-order chi connectivity index (χ1) is 11.4. The molecule has 7 heteroatoms. The van der Waals surface area contributed by atoms with Gasteiger partial charge in [-0.05, 0) is 42.2 Å². The van der Waals surface area contributed by atoms with Gasteiger partial charge in [0.1, 0.15) is 6.17 Å². The molecule has 0 spiro atoms. The lowest BCUT2D eigenvalue weighted by Crippen LogP contribution is -2.47. The molecule has 0 fully saturated rings. The quantitative estimate of drug-likeness (QED) is 0.894. The Kier molecular flexibility index (Phi) is 4.29. The SMILES string of the molecule is Cc1cccc(S(=O)(=O)NC2c3ccccc3CCN2C(=O)O)c1. The van der Waals surface area contributed by atoms with Gasteiger partial charge in [0, 0.05) is 6.54 Å². The Morgan fingerprint density at radius 2 is 1.96 bits per heavy atom. The van der Waals surface area contributed by atoms with Crippen LogP contribution in [-0.4, -0.2) is 31.1 Å². The predicted molar refractivity (Wildman–Crippen MR) is 89.1 cm³/mol. The first-order valence-electron chi connectivity index (χ1n) is 7.55. The Morgan fingerprint density at radius 1 is 1.21 bits per heavy atom. The Bertz CT molecular complexity index is 880. The van der Waals surface area contributed by atoms with Gasteiger partial charge in [0.05, 0.1) is 4.90 Å². The minimum atomic E-state index is -3.85. The summed E-state index contributed by atoms with van der Waals surface area (Å²) in [5.41, 5.74) is 2.44. The molecule has 1 atom stereocenters. The number of nitrogens with one attached hydrogen (secondary N) is 1. The highest BCUT2D eigenvalue weighted by molar-refractivity contribution is 7.89. The van der Waals surface area contributed by atoms with Gasteiger partial charge >= 0.3 is 6.09 Å². The number of fused-ring (bicyclic) bond motifs is 1. The normalized spacial score (nSPS) is 17.4. The Hall–Kier alpha value is -2.38. The molecule has 1 unspecified atom stereocenters. The fourth-order valence-electron chi connectivity index (χ4n) is 2.90. The van der Waals surface area contributed by atoms with Gasteiger partial charge in [-0.15, -0.1) is 0 Å². The van der Waals surface area contributed by atoms with E-state index in [4.69, 9.17) is 0 Å². The van der Waals surface area contributed by atoms with Crippen LogP contribution in [0.15, 0.2) is 53.4 Å². The van der Waals surface area contributed by atoms with Gasteiger partial charge in [0.25, 0.3) is 0 Å². The van der Waals surface area contributed by atoms with Crippen LogP contribution in [-0.2, 0) is 16.4 Å². The van der Waals surface area contributed by atoms with Gasteiger partial charge in [-0.3, -0.25) is 4.90 Å². The van der Waals surface area contributed by atoms with E-state index in [1.807, 2.05) is 12.1 Å². The van der Waals surface area contributed by atoms with Crippen LogP contribution >= 0.6 is 0 Å². The minimum absolute atomic E-state index is 0.121. The summed E-state index contributed by atoms with van der Waals surface area (Å²) in [5, 5.41) is 9.44. The highest BCUT2D eigenvalue weighted by Gasteiger charge is 2.34. The first kappa shape index (κ1) is 16.5. The largest absolute Gasteiger partial charge is 0.465 e. The molecule has 1 aliphatic rings. The van der Waals surface area contributed by atoms with Crippen molar-refractivity contribution in [1.29, 1.82) is 0 Å². The molecule has 0 aliphatic carbocycles. The molecule has 1 heterocycles. The monoisotopic (exact) mass is 346 g/mol. The number of amides is 1. The number of rotatable bonds is 3. The summed E-state index contributed by atoms with van der Waals surface area (Å²) in [6.45, 7) is 2.05. The number of benzene rings is 2. The van der Waals surface area contributed by atoms with Crippen molar-refractivity contribution >= 4 is 16.1 Å². The summed E-state index contributed by atoms with van der Waals surface area (Å²) in [7, 11) is -3.85. The summed E-state index contributed by atoms with van der Waals surface area (Å²) in [6.07, 6.45) is -1.52. The molecule has 0 aromatic heterocycles. The standard InChI is InChI=1S/C17H18N2O4S/c1-12-5-4-7-14(11-12)24(22,23)18-16-15-8-3-2-6-13(15)9-10-19(16)17(20)21/h2-8,11,16,18H,9-10H2,1H3,(H,20,21). The molecule has 1 aliphatic heterocycles. The molecule has 0 bridgehead atoms. The fraction of sp³-hybridized carbons (Fsp3) is 0.235. The summed E-state index contributed by atoms with van der Waals surface area (Å²) in [4.78, 5) is 12.8. The van der Waals surface area contributed by atoms with Crippen LogP contribution < -0.4 is 4.72 Å². The van der Waals surface area contributed by atoms with Crippen LogP contribution in [0.4, 0.5) is 4.79 Å². The summed E-state index contributed by atoms with van der Waals surface area (Å²) < 4.78 is 27.9. The second kappa shape index (κ2) is 6.26. The topological polar surface area (TPSA) is 86.7 Å². The van der Waals surface area contributed by atoms with E-state index in [2.05, 4.69) is 4.72 Å². The molecule has 2 aromatic rings. The molecule has 2 N–H and O–H groups in total. The van der Waals surface area contributed by atoms with Crippen molar-refractivity contribution < 1.29 is 18.3 Å². The maximum atomic E-state index is 12.7. The van der Waals surface area contributed by atoms with E-state index >= 15 is 0 Å². The molecule has 24 heavy (non-hydrogen) atoms. The van der Waals surface area contributed by atoms with Gasteiger partial charge in [-0.2, -0.15) is 4.72 Å². The maximum absolute atomic E-state index is 12.7. The average Bonchev–Trinajstić information content (AvgIpc) is 2.54. The average molecular weight is 346 g/mol. The third kappa shape index (κ3) is 3.13. The third-order valence-electron chi connectivity index (χ3n) is 4.10. The van der Waals surface area contributed by atoms with Crippen LogP contribution in [0.2, 0.25) is 0 Å². The summed E-state index contributed by atoms with van der Waals surface area (Å²) >= 11 is 0. The summed E-state index contributed by atoms with van der Waals surface area (Å²) in [6, 6.07) is 13.8. The molecule has 2 aromatic carbocycles. The van der Waals surface area contributed by atoms with Crippen molar-refractivity contribution in [2.24, 2.45) is 0 Å². The highest BCUT2D eigenvalue weighted by atomic mass is 32.2. The van der Waals surface area contributed by atoms with E-state index in [1.54, 1.807) is 37.3 Å². The number of aryl methyl sites for hydroxylation is 1. The molecule has 1 amide bonds. The second-order valence-electron chi connectivity index (χ2n) is 5.77. The lowest BCUT2D eigenvalue weighted by molar-refractivity contribution is 0.116. The van der Waals surface area contributed by atoms with E-state index in [0.29, 0.717) is 12.0 Å². The molecule has 0 radical (unpaired) electrons. The number of nitrogens with zero attached hydrogens (tertiary/aromatic N) is 1. The van der Waals surface area contributed by atoms with E-state index in [1.165, 1.54) is 6.07 Å². The number of carboxylic acid groups (broad SMARTS) is 1. The zero-order valence-corrected chi connectivity index (χ0v) is 14.0. The first-order valence-corrected chi connectivity index (χ1v) is 9.03. The van der Waals surface area contributed by atoms with Crippen LogP contribution in [0.3, 0.4) is 0 Å². The van der Waals surface area contributed by atoms with E-state index < -0.39 is 22.3 Å². The zero-order valence-electron chi connectivity index (χ0n) is 13.1. The van der Waals surface area contributed by atoms with Crippen molar-refractivity contribution in [2.45, 2.75) is 24.4 Å². The molecular formula is C17H18N2O4S. The van der Waals surface area contributed by atoms with E-state index in [0.717, 1.165) is 16.0 Å². The van der Waals surface area contributed by atoms with Gasteiger partial charge < -0.3 is 5.11 Å². The van der Waals surface area contributed by atoms with Crippen molar-refractivity contribution in [3.8, 4) is 0 Å². The molecule has 0 saturated heterocycles. The Labute approximate surface area is 140 Å². The summed E-state index contributed by atoms with van der Waals surface area (Å²) in [5.74, 6) is 0. The molecular weight excluding hydrogens is 328 g/mol. The van der Waals surface area contributed by atoms with Crippen molar-refractivity contribution in [1.82, 2.24) is 9.62 Å². The van der Waals surface area contributed by atoms with Gasteiger partial charge in [0.15, 0.2) is 0 Å². The smallest absolute Gasteiger partial charge is 0.408 e. The van der Waals surface area contributed by atoms with Crippen molar-refractivity contribution in [3.63, 3.8) is 0 Å². The number of sulfonamides is 1. The lowest BCUT2D eigenvalue weighted by Gasteiger charge is -2.35. The molecule has 6 nitrogen and oxygen atoms in total. The Morgan fingerprint density at radius 3 is 2.67 bits per heavy atom. The van der Waals surface area contributed by atoms with Gasteiger partial charge in [-0.25, -0.2) is 13.2 Å². The highest BCUT2D eigenvalue weighted by Crippen LogP contribution is 2.29. The number of carbonyl (C=O) groups is 1.